The van der Waals surface area contributed by atoms with E-state index in [1.54, 1.807) is 0 Å². The van der Waals surface area contributed by atoms with Gasteiger partial charge in [0.1, 0.15) is 10.3 Å². The summed E-state index contributed by atoms with van der Waals surface area (Å²) in [5.74, 6) is 1.14. The molecule has 1 rings (SSSR count). The zero-order valence-electron chi connectivity index (χ0n) is 6.81. The third-order valence-corrected chi connectivity index (χ3v) is 2.40. The summed E-state index contributed by atoms with van der Waals surface area (Å²) in [6.07, 6.45) is 2.19. The number of hydrogen-bond acceptors (Lipinski definition) is 3. The second-order valence-electron chi connectivity index (χ2n) is 2.36. The second kappa shape index (κ2) is 5.24. The molecule has 0 saturated heterocycles. The van der Waals surface area contributed by atoms with Gasteiger partial charge in [-0.2, -0.15) is 0 Å². The molecule has 0 radical (unpaired) electrons. The van der Waals surface area contributed by atoms with Gasteiger partial charge >= 0.3 is 0 Å². The zero-order valence-corrected chi connectivity index (χ0v) is 9.15. The lowest BCUT2D eigenvalue weighted by Crippen LogP contribution is -2.12. The van der Waals surface area contributed by atoms with Gasteiger partial charge in [0.2, 0.25) is 0 Å². The van der Waals surface area contributed by atoms with Crippen molar-refractivity contribution in [3.05, 3.63) is 21.2 Å². The van der Waals surface area contributed by atoms with E-state index in [-0.39, 0.29) is 5.56 Å². The molecule has 6 heteroatoms. The highest BCUT2D eigenvalue weighted by Crippen LogP contribution is 2.12. The van der Waals surface area contributed by atoms with Gasteiger partial charge in [0.05, 0.1) is 6.33 Å². The molecule has 1 heterocycles. The first-order chi connectivity index (χ1) is 6.25. The molecule has 0 amide bonds. The summed E-state index contributed by atoms with van der Waals surface area (Å²) < 4.78 is 0.421. The molecule has 1 aromatic heterocycles. The fourth-order valence-electron chi connectivity index (χ4n) is 0.780. The van der Waals surface area contributed by atoms with Crippen LogP contribution in [0.5, 0.6) is 0 Å². The van der Waals surface area contributed by atoms with Gasteiger partial charge in [-0.05, 0) is 22.4 Å². The smallest absolute Gasteiger partial charge is 0.267 e. The summed E-state index contributed by atoms with van der Waals surface area (Å²) in [5.41, 5.74) is -0.191. The minimum Gasteiger partial charge on any atom is -0.369 e. The third-order valence-electron chi connectivity index (χ3n) is 1.40. The van der Waals surface area contributed by atoms with Crippen LogP contribution in [-0.4, -0.2) is 22.4 Å². The van der Waals surface area contributed by atoms with Crippen LogP contribution in [0.25, 0.3) is 0 Å². The van der Waals surface area contributed by atoms with Gasteiger partial charge in [0, 0.05) is 12.4 Å². The number of rotatable bonds is 4. The molecule has 0 bridgehead atoms. The number of H-pyrrole nitrogens is 1. The highest BCUT2D eigenvalue weighted by atomic mass is 79.9. The quantitative estimate of drug-likeness (QED) is 0.642. The molecule has 1 aromatic rings. The Bertz CT molecular complexity index is 328. The first-order valence-corrected chi connectivity index (χ1v) is 5.11. The largest absolute Gasteiger partial charge is 0.369 e. The lowest BCUT2D eigenvalue weighted by Gasteiger charge is -2.04. The summed E-state index contributed by atoms with van der Waals surface area (Å²) in [4.78, 5) is 17.5. The van der Waals surface area contributed by atoms with Crippen molar-refractivity contribution in [1.82, 2.24) is 9.97 Å². The second-order valence-corrected chi connectivity index (χ2v) is 3.53. The Hall–Kier alpha value is -0.550. The van der Waals surface area contributed by atoms with Crippen LogP contribution in [0.3, 0.4) is 0 Å². The van der Waals surface area contributed by atoms with E-state index in [0.717, 1.165) is 6.42 Å². The Labute approximate surface area is 88.8 Å². The van der Waals surface area contributed by atoms with Crippen molar-refractivity contribution in [3.8, 4) is 0 Å². The molecule has 0 aromatic carbocycles. The first kappa shape index (κ1) is 10.5. The molecular weight excluding hydrogens is 257 g/mol. The fourth-order valence-corrected chi connectivity index (χ4v) is 1.27. The molecule has 0 saturated carbocycles. The van der Waals surface area contributed by atoms with Crippen LogP contribution in [0.2, 0.25) is 0 Å². The molecule has 0 fully saturated rings. The predicted octanol–water partition coefficient (Wildman–Crippen LogP) is 1.57. The number of alkyl halides is 1. The van der Waals surface area contributed by atoms with Gasteiger partial charge < -0.3 is 10.3 Å². The first-order valence-electron chi connectivity index (χ1n) is 3.78. The van der Waals surface area contributed by atoms with Crippen molar-refractivity contribution < 1.29 is 0 Å². The molecule has 13 heavy (non-hydrogen) atoms. The van der Waals surface area contributed by atoms with Crippen molar-refractivity contribution in [2.45, 2.75) is 6.42 Å². The standard InChI is InChI=1S/C7H9BrClN3O/c8-5-6(10-3-1-2-9)11-4-12-7(5)13/h4H,1-3H2,(H2,10,11,12,13). The lowest BCUT2D eigenvalue weighted by molar-refractivity contribution is 0.963. The summed E-state index contributed by atoms with van der Waals surface area (Å²) >= 11 is 8.63. The number of nitrogens with zero attached hydrogens (tertiary/aromatic N) is 1. The highest BCUT2D eigenvalue weighted by Gasteiger charge is 2.02. The maximum Gasteiger partial charge on any atom is 0.267 e. The maximum absolute atomic E-state index is 11.1. The van der Waals surface area contributed by atoms with Crippen LogP contribution < -0.4 is 10.9 Å². The average molecular weight is 267 g/mol. The van der Waals surface area contributed by atoms with Gasteiger partial charge in [-0.25, -0.2) is 4.98 Å². The van der Waals surface area contributed by atoms with E-state index in [0.29, 0.717) is 22.7 Å². The van der Waals surface area contributed by atoms with Crippen molar-refractivity contribution >= 4 is 33.3 Å². The third kappa shape index (κ3) is 3.00. The molecule has 4 nitrogen and oxygen atoms in total. The van der Waals surface area contributed by atoms with Crippen LogP contribution in [0.4, 0.5) is 5.82 Å². The fraction of sp³-hybridized carbons (Fsp3) is 0.429. The van der Waals surface area contributed by atoms with E-state index in [2.05, 4.69) is 31.2 Å². The summed E-state index contributed by atoms with van der Waals surface area (Å²) in [6.45, 7) is 0.707. The molecule has 0 aliphatic rings. The number of anilines is 1. The van der Waals surface area contributed by atoms with Crippen molar-refractivity contribution in [2.24, 2.45) is 0 Å². The van der Waals surface area contributed by atoms with Crippen LogP contribution in [0.15, 0.2) is 15.6 Å². The van der Waals surface area contributed by atoms with E-state index in [1.807, 2.05) is 0 Å². The Morgan fingerprint density at radius 1 is 1.69 bits per heavy atom. The SMILES string of the molecule is O=c1[nH]cnc(NCCCCl)c1Br. The highest BCUT2D eigenvalue weighted by molar-refractivity contribution is 9.10. The number of hydrogen-bond donors (Lipinski definition) is 2. The van der Waals surface area contributed by atoms with Crippen LogP contribution in [-0.2, 0) is 0 Å². The minimum absolute atomic E-state index is 0.191. The van der Waals surface area contributed by atoms with E-state index < -0.39 is 0 Å². The summed E-state index contributed by atoms with van der Waals surface area (Å²) in [6, 6.07) is 0. The Kier molecular flexibility index (Phi) is 4.24. The number of nitrogens with one attached hydrogen (secondary N) is 2. The van der Waals surface area contributed by atoms with Crippen LogP contribution in [0.1, 0.15) is 6.42 Å². The number of aromatic amines is 1. The van der Waals surface area contributed by atoms with Crippen molar-refractivity contribution in [1.29, 1.82) is 0 Å². The van der Waals surface area contributed by atoms with Crippen LogP contribution >= 0.6 is 27.5 Å². The molecule has 72 valence electrons. The zero-order chi connectivity index (χ0) is 9.68. The monoisotopic (exact) mass is 265 g/mol. The van der Waals surface area contributed by atoms with Gasteiger partial charge in [0.15, 0.2) is 0 Å². The Morgan fingerprint density at radius 2 is 2.46 bits per heavy atom. The Morgan fingerprint density at radius 3 is 3.15 bits per heavy atom. The molecule has 0 atom stereocenters. The topological polar surface area (TPSA) is 57.8 Å². The minimum atomic E-state index is -0.191. The molecular formula is C7H9BrClN3O. The molecule has 2 N–H and O–H groups in total. The number of halogens is 2. The van der Waals surface area contributed by atoms with Crippen molar-refractivity contribution in [3.63, 3.8) is 0 Å². The summed E-state index contributed by atoms with van der Waals surface area (Å²) in [7, 11) is 0. The van der Waals surface area contributed by atoms with Gasteiger partial charge in [-0.3, -0.25) is 4.79 Å². The van der Waals surface area contributed by atoms with E-state index in [1.165, 1.54) is 6.33 Å². The lowest BCUT2D eigenvalue weighted by atomic mass is 10.4. The van der Waals surface area contributed by atoms with E-state index >= 15 is 0 Å². The molecule has 0 unspecified atom stereocenters. The molecule has 0 spiro atoms. The van der Waals surface area contributed by atoms with Gasteiger partial charge in [-0.1, -0.05) is 0 Å². The van der Waals surface area contributed by atoms with Crippen LogP contribution in [0, 0.1) is 0 Å². The number of aromatic nitrogens is 2. The summed E-state index contributed by atoms with van der Waals surface area (Å²) in [5, 5.41) is 2.99. The molecule has 0 aliphatic carbocycles. The normalized spacial score (nSPS) is 10.0. The van der Waals surface area contributed by atoms with Gasteiger partial charge in [-0.15, -0.1) is 11.6 Å². The van der Waals surface area contributed by atoms with Gasteiger partial charge in [0.25, 0.3) is 5.56 Å². The maximum atomic E-state index is 11.1. The van der Waals surface area contributed by atoms with Crippen molar-refractivity contribution in [2.75, 3.05) is 17.7 Å². The predicted molar refractivity (Wildman–Crippen MR) is 56.4 cm³/mol. The molecule has 0 aliphatic heterocycles. The van der Waals surface area contributed by atoms with E-state index in [9.17, 15) is 4.79 Å². The van der Waals surface area contributed by atoms with E-state index in [4.69, 9.17) is 11.6 Å². The Balaban J connectivity index is 2.66. The average Bonchev–Trinajstić information content (AvgIpc) is 2.13.